The minimum atomic E-state index is 0.711. The summed E-state index contributed by atoms with van der Waals surface area (Å²) in [6.45, 7) is 0.766. The first kappa shape index (κ1) is 18.6. The van der Waals surface area contributed by atoms with Crippen molar-refractivity contribution in [2.75, 3.05) is 14.2 Å². The van der Waals surface area contributed by atoms with E-state index >= 15 is 0 Å². The van der Waals surface area contributed by atoms with Gasteiger partial charge >= 0.3 is 0 Å². The summed E-state index contributed by atoms with van der Waals surface area (Å²) in [7, 11) is 3.30. The largest absolute Gasteiger partial charge is 0.493 e. The number of aromatic nitrogens is 2. The number of halogens is 1. The van der Waals surface area contributed by atoms with Gasteiger partial charge in [-0.3, -0.25) is 0 Å². The standard InChI is InChI=1S/C23H21BrN2O2/c1-27-21-11-10-16(13-22(21)28-2)14-23-25-19-8-3-4-9-20(19)26(23)15-17-6-5-7-18(24)12-17/h3-13H,14-15H2,1-2H3. The van der Waals surface area contributed by atoms with E-state index in [-0.39, 0.29) is 0 Å². The van der Waals surface area contributed by atoms with Crippen molar-refractivity contribution in [2.45, 2.75) is 13.0 Å². The van der Waals surface area contributed by atoms with Crippen molar-refractivity contribution in [3.63, 3.8) is 0 Å². The number of rotatable bonds is 6. The molecule has 0 unspecified atom stereocenters. The Hall–Kier alpha value is -2.79. The smallest absolute Gasteiger partial charge is 0.161 e. The topological polar surface area (TPSA) is 36.3 Å². The van der Waals surface area contributed by atoms with Crippen LogP contribution in [0.25, 0.3) is 11.0 Å². The first-order valence-corrected chi connectivity index (χ1v) is 9.86. The number of methoxy groups -OCH3 is 2. The lowest BCUT2D eigenvalue weighted by Gasteiger charge is -2.12. The fraction of sp³-hybridized carbons (Fsp3) is 0.174. The van der Waals surface area contributed by atoms with E-state index < -0.39 is 0 Å². The minimum Gasteiger partial charge on any atom is -0.493 e. The maximum Gasteiger partial charge on any atom is 0.161 e. The highest BCUT2D eigenvalue weighted by molar-refractivity contribution is 9.10. The molecule has 1 aromatic heterocycles. The molecule has 0 saturated heterocycles. The fourth-order valence-electron chi connectivity index (χ4n) is 3.43. The van der Waals surface area contributed by atoms with E-state index in [1.54, 1.807) is 14.2 Å². The predicted molar refractivity (Wildman–Crippen MR) is 115 cm³/mol. The van der Waals surface area contributed by atoms with Gasteiger partial charge in [-0.15, -0.1) is 0 Å². The molecule has 0 amide bonds. The van der Waals surface area contributed by atoms with Crippen LogP contribution in [0.4, 0.5) is 0 Å². The summed E-state index contributed by atoms with van der Waals surface area (Å²) in [4.78, 5) is 4.90. The molecule has 142 valence electrons. The number of ether oxygens (including phenoxy) is 2. The summed E-state index contributed by atoms with van der Waals surface area (Å²) in [5.41, 5.74) is 4.50. The van der Waals surface area contributed by atoms with Crippen LogP contribution < -0.4 is 9.47 Å². The number of nitrogens with zero attached hydrogens (tertiary/aromatic N) is 2. The molecule has 0 bridgehead atoms. The van der Waals surface area contributed by atoms with E-state index in [4.69, 9.17) is 14.5 Å². The monoisotopic (exact) mass is 436 g/mol. The van der Waals surface area contributed by atoms with Gasteiger partial charge in [-0.2, -0.15) is 0 Å². The quantitative estimate of drug-likeness (QED) is 0.402. The molecule has 3 aromatic carbocycles. The van der Waals surface area contributed by atoms with E-state index in [2.05, 4.69) is 63.0 Å². The molecule has 0 aliphatic carbocycles. The highest BCUT2D eigenvalue weighted by Gasteiger charge is 2.13. The number of imidazole rings is 1. The Morgan fingerprint density at radius 3 is 2.46 bits per heavy atom. The van der Waals surface area contributed by atoms with Crippen LogP contribution in [0.5, 0.6) is 11.5 Å². The van der Waals surface area contributed by atoms with Gasteiger partial charge < -0.3 is 14.0 Å². The van der Waals surface area contributed by atoms with Gasteiger partial charge in [0.25, 0.3) is 0 Å². The molecule has 0 radical (unpaired) electrons. The maximum absolute atomic E-state index is 5.46. The molecule has 28 heavy (non-hydrogen) atoms. The molecular formula is C23H21BrN2O2. The third-order valence-electron chi connectivity index (χ3n) is 4.77. The van der Waals surface area contributed by atoms with Gasteiger partial charge in [0.05, 0.1) is 25.3 Å². The summed E-state index contributed by atoms with van der Waals surface area (Å²) in [5.74, 6) is 2.48. The number of benzene rings is 3. The number of fused-ring (bicyclic) bond motifs is 1. The normalized spacial score (nSPS) is 11.0. The number of hydrogen-bond donors (Lipinski definition) is 0. The van der Waals surface area contributed by atoms with Crippen molar-refractivity contribution >= 4 is 27.0 Å². The summed E-state index contributed by atoms with van der Waals surface area (Å²) >= 11 is 3.57. The lowest BCUT2D eigenvalue weighted by atomic mass is 10.1. The van der Waals surface area contributed by atoms with E-state index in [1.807, 2.05) is 24.3 Å². The van der Waals surface area contributed by atoms with Crippen molar-refractivity contribution in [1.82, 2.24) is 9.55 Å². The Morgan fingerprint density at radius 2 is 1.68 bits per heavy atom. The van der Waals surface area contributed by atoms with E-state index in [0.717, 1.165) is 44.9 Å². The summed E-state index contributed by atoms with van der Waals surface area (Å²) in [6, 6.07) is 22.7. The Bertz CT molecular complexity index is 1120. The second kappa shape index (κ2) is 8.07. The molecule has 0 saturated carbocycles. The predicted octanol–water partition coefficient (Wildman–Crippen LogP) is 5.46. The Balaban J connectivity index is 1.74. The summed E-state index contributed by atoms with van der Waals surface area (Å²) in [5, 5.41) is 0. The molecule has 0 aliphatic heterocycles. The van der Waals surface area contributed by atoms with Gasteiger partial charge in [0.1, 0.15) is 5.82 Å². The van der Waals surface area contributed by atoms with Crippen LogP contribution in [0.15, 0.2) is 71.2 Å². The van der Waals surface area contributed by atoms with Crippen LogP contribution in [0, 0.1) is 0 Å². The van der Waals surface area contributed by atoms with Gasteiger partial charge in [0, 0.05) is 17.4 Å². The highest BCUT2D eigenvalue weighted by atomic mass is 79.9. The van der Waals surface area contributed by atoms with Crippen LogP contribution in [0.2, 0.25) is 0 Å². The molecular weight excluding hydrogens is 416 g/mol. The van der Waals surface area contributed by atoms with Crippen molar-refractivity contribution in [1.29, 1.82) is 0 Å². The SMILES string of the molecule is COc1ccc(Cc2nc3ccccc3n2Cc2cccc(Br)c2)cc1OC. The van der Waals surface area contributed by atoms with Gasteiger partial charge in [-0.25, -0.2) is 4.98 Å². The van der Waals surface area contributed by atoms with Gasteiger partial charge in [-0.05, 0) is 47.5 Å². The third kappa shape index (κ3) is 3.76. The van der Waals surface area contributed by atoms with Gasteiger partial charge in [0.2, 0.25) is 0 Å². The van der Waals surface area contributed by atoms with Gasteiger partial charge in [0.15, 0.2) is 11.5 Å². The van der Waals surface area contributed by atoms with E-state index in [0.29, 0.717) is 6.42 Å². The minimum absolute atomic E-state index is 0.711. The Kier molecular flexibility index (Phi) is 5.35. The molecule has 5 heteroatoms. The zero-order chi connectivity index (χ0) is 19.5. The first-order chi connectivity index (χ1) is 13.7. The zero-order valence-electron chi connectivity index (χ0n) is 15.9. The summed E-state index contributed by atoms with van der Waals surface area (Å²) < 4.78 is 14.2. The summed E-state index contributed by atoms with van der Waals surface area (Å²) in [6.07, 6.45) is 0.711. The van der Waals surface area contributed by atoms with Crippen LogP contribution in [0.1, 0.15) is 17.0 Å². The molecule has 4 aromatic rings. The van der Waals surface area contributed by atoms with Crippen LogP contribution in [-0.4, -0.2) is 23.8 Å². The van der Waals surface area contributed by atoms with Crippen LogP contribution in [-0.2, 0) is 13.0 Å². The third-order valence-corrected chi connectivity index (χ3v) is 5.27. The molecule has 4 rings (SSSR count). The Labute approximate surface area is 172 Å². The average molecular weight is 437 g/mol. The molecule has 0 N–H and O–H groups in total. The lowest BCUT2D eigenvalue weighted by molar-refractivity contribution is 0.354. The Morgan fingerprint density at radius 1 is 0.857 bits per heavy atom. The van der Waals surface area contributed by atoms with Crippen molar-refractivity contribution < 1.29 is 9.47 Å². The molecule has 1 heterocycles. The zero-order valence-corrected chi connectivity index (χ0v) is 17.4. The van der Waals surface area contributed by atoms with E-state index in [1.165, 1.54) is 5.56 Å². The van der Waals surface area contributed by atoms with Crippen LogP contribution >= 0.6 is 15.9 Å². The van der Waals surface area contributed by atoms with Crippen molar-refractivity contribution in [2.24, 2.45) is 0 Å². The van der Waals surface area contributed by atoms with Gasteiger partial charge in [-0.1, -0.05) is 46.3 Å². The second-order valence-corrected chi connectivity index (χ2v) is 7.51. The van der Waals surface area contributed by atoms with Crippen LogP contribution in [0.3, 0.4) is 0 Å². The molecule has 0 spiro atoms. The molecule has 0 fully saturated rings. The average Bonchev–Trinajstić information content (AvgIpc) is 3.05. The molecule has 0 aliphatic rings. The lowest BCUT2D eigenvalue weighted by Crippen LogP contribution is -2.06. The number of para-hydroxylation sites is 2. The first-order valence-electron chi connectivity index (χ1n) is 9.07. The fourth-order valence-corrected chi connectivity index (χ4v) is 3.87. The number of hydrogen-bond acceptors (Lipinski definition) is 3. The highest BCUT2D eigenvalue weighted by Crippen LogP contribution is 2.29. The molecule has 4 nitrogen and oxygen atoms in total. The second-order valence-electron chi connectivity index (χ2n) is 6.60. The van der Waals surface area contributed by atoms with Crippen molar-refractivity contribution in [3.8, 4) is 11.5 Å². The van der Waals surface area contributed by atoms with Crippen molar-refractivity contribution in [3.05, 3.63) is 88.2 Å². The van der Waals surface area contributed by atoms with E-state index in [9.17, 15) is 0 Å². The maximum atomic E-state index is 5.46. The molecule has 0 atom stereocenters.